The van der Waals surface area contributed by atoms with Crippen LogP contribution in [-0.2, 0) is 22.2 Å². The van der Waals surface area contributed by atoms with E-state index in [1.165, 1.54) is 23.1 Å². The third kappa shape index (κ3) is 3.94. The van der Waals surface area contributed by atoms with Gasteiger partial charge in [-0.1, -0.05) is 18.2 Å². The number of carbonyl (C=O) groups is 2. The second kappa shape index (κ2) is 7.38. The summed E-state index contributed by atoms with van der Waals surface area (Å²) < 4.78 is 40.2. The molecular formula is C19H18F3N3O2. The number of nitrogens with one attached hydrogen (secondary N) is 1. The van der Waals surface area contributed by atoms with Gasteiger partial charge in [0.1, 0.15) is 6.04 Å². The molecule has 1 saturated heterocycles. The number of carbonyl (C=O) groups excluding carboxylic acids is 2. The van der Waals surface area contributed by atoms with Crippen molar-refractivity contribution in [2.45, 2.75) is 25.6 Å². The fourth-order valence-corrected chi connectivity index (χ4v) is 3.18. The SMILES string of the molecule is Cc1ccncc1CC(=O)N1CCNC(=O)C1c1ccccc1C(F)(F)F. The molecule has 0 radical (unpaired) electrons. The summed E-state index contributed by atoms with van der Waals surface area (Å²) >= 11 is 0. The first-order chi connectivity index (χ1) is 12.8. The molecule has 0 saturated carbocycles. The van der Waals surface area contributed by atoms with Crippen LogP contribution in [0.3, 0.4) is 0 Å². The molecule has 1 unspecified atom stereocenters. The van der Waals surface area contributed by atoms with Crippen LogP contribution in [0.4, 0.5) is 13.2 Å². The Hall–Kier alpha value is -2.90. The third-order valence-electron chi connectivity index (χ3n) is 4.58. The average Bonchev–Trinajstić information content (AvgIpc) is 2.62. The molecule has 5 nitrogen and oxygen atoms in total. The molecule has 2 heterocycles. The lowest BCUT2D eigenvalue weighted by molar-refractivity contribution is -0.146. The van der Waals surface area contributed by atoms with Gasteiger partial charge in [0.05, 0.1) is 12.0 Å². The predicted octanol–water partition coefficient (Wildman–Crippen LogP) is 2.65. The maximum atomic E-state index is 13.4. The van der Waals surface area contributed by atoms with Gasteiger partial charge >= 0.3 is 6.18 Å². The zero-order valence-electron chi connectivity index (χ0n) is 14.6. The van der Waals surface area contributed by atoms with Gasteiger partial charge in [-0.25, -0.2) is 0 Å². The Morgan fingerprint density at radius 1 is 1.30 bits per heavy atom. The quantitative estimate of drug-likeness (QED) is 0.895. The maximum absolute atomic E-state index is 13.4. The molecule has 2 amide bonds. The summed E-state index contributed by atoms with van der Waals surface area (Å²) in [6.45, 7) is 2.16. The lowest BCUT2D eigenvalue weighted by atomic mass is 9.95. The molecule has 1 atom stereocenters. The Bertz CT molecular complexity index is 867. The zero-order valence-corrected chi connectivity index (χ0v) is 14.6. The van der Waals surface area contributed by atoms with Crippen molar-refractivity contribution >= 4 is 11.8 Å². The van der Waals surface area contributed by atoms with E-state index in [0.717, 1.165) is 11.6 Å². The van der Waals surface area contributed by atoms with Crippen LogP contribution in [0, 0.1) is 6.92 Å². The van der Waals surface area contributed by atoms with E-state index in [1.54, 1.807) is 18.5 Å². The molecule has 1 fully saturated rings. The number of benzene rings is 1. The van der Waals surface area contributed by atoms with Gasteiger partial charge in [-0.15, -0.1) is 0 Å². The minimum absolute atomic E-state index is 0.0301. The molecule has 0 aliphatic carbocycles. The fourth-order valence-electron chi connectivity index (χ4n) is 3.18. The van der Waals surface area contributed by atoms with E-state index in [0.29, 0.717) is 5.56 Å². The number of aromatic nitrogens is 1. The number of alkyl halides is 3. The lowest BCUT2D eigenvalue weighted by Gasteiger charge is -2.36. The topological polar surface area (TPSA) is 62.3 Å². The Morgan fingerprint density at radius 3 is 2.74 bits per heavy atom. The molecule has 3 rings (SSSR count). The van der Waals surface area contributed by atoms with E-state index in [4.69, 9.17) is 0 Å². The third-order valence-corrected chi connectivity index (χ3v) is 4.58. The summed E-state index contributed by atoms with van der Waals surface area (Å²) in [5, 5.41) is 2.56. The number of hydrogen-bond donors (Lipinski definition) is 1. The smallest absolute Gasteiger partial charge is 0.352 e. The van der Waals surface area contributed by atoms with Crippen molar-refractivity contribution < 1.29 is 22.8 Å². The van der Waals surface area contributed by atoms with Crippen molar-refractivity contribution in [3.8, 4) is 0 Å². The van der Waals surface area contributed by atoms with Crippen molar-refractivity contribution in [3.63, 3.8) is 0 Å². The van der Waals surface area contributed by atoms with E-state index in [2.05, 4.69) is 10.3 Å². The Kier molecular flexibility index (Phi) is 5.16. The second-order valence-electron chi connectivity index (χ2n) is 6.34. The van der Waals surface area contributed by atoms with Crippen molar-refractivity contribution in [1.29, 1.82) is 0 Å². The minimum Gasteiger partial charge on any atom is -0.352 e. The van der Waals surface area contributed by atoms with Gasteiger partial charge in [0.25, 0.3) is 0 Å². The van der Waals surface area contributed by atoms with Crippen molar-refractivity contribution in [2.24, 2.45) is 0 Å². The van der Waals surface area contributed by atoms with E-state index >= 15 is 0 Å². The van der Waals surface area contributed by atoms with Crippen LogP contribution in [0.25, 0.3) is 0 Å². The molecule has 1 aromatic carbocycles. The molecule has 142 valence electrons. The van der Waals surface area contributed by atoms with E-state index in [-0.39, 0.29) is 25.1 Å². The summed E-state index contributed by atoms with van der Waals surface area (Å²) in [6.07, 6.45) is -1.50. The molecule has 0 spiro atoms. The van der Waals surface area contributed by atoms with Gasteiger partial charge in [-0.2, -0.15) is 13.2 Å². The molecule has 2 aromatic rings. The molecule has 1 aliphatic rings. The fraction of sp³-hybridized carbons (Fsp3) is 0.316. The summed E-state index contributed by atoms with van der Waals surface area (Å²) in [6, 6.07) is 5.29. The highest BCUT2D eigenvalue weighted by atomic mass is 19.4. The molecule has 8 heteroatoms. The molecule has 1 aliphatic heterocycles. The Morgan fingerprint density at radius 2 is 2.04 bits per heavy atom. The first kappa shape index (κ1) is 18.9. The van der Waals surface area contributed by atoms with Gasteiger partial charge in [0.15, 0.2) is 0 Å². The monoisotopic (exact) mass is 377 g/mol. The van der Waals surface area contributed by atoms with Crippen LogP contribution in [-0.4, -0.2) is 34.8 Å². The summed E-state index contributed by atoms with van der Waals surface area (Å²) in [4.78, 5) is 30.5. The summed E-state index contributed by atoms with van der Waals surface area (Å²) in [5.41, 5.74) is 0.393. The first-order valence-electron chi connectivity index (χ1n) is 8.42. The Labute approximate surface area is 154 Å². The number of amides is 2. The van der Waals surface area contributed by atoms with Crippen LogP contribution in [0.1, 0.15) is 28.3 Å². The summed E-state index contributed by atoms with van der Waals surface area (Å²) in [7, 11) is 0. The van der Waals surface area contributed by atoms with Gasteiger partial charge in [-0.05, 0) is 35.7 Å². The van der Waals surface area contributed by atoms with Gasteiger partial charge in [-0.3, -0.25) is 14.6 Å². The number of piperazine rings is 1. The summed E-state index contributed by atoms with van der Waals surface area (Å²) in [5.74, 6) is -1.03. The number of halogens is 3. The van der Waals surface area contributed by atoms with Crippen LogP contribution >= 0.6 is 0 Å². The number of rotatable bonds is 3. The van der Waals surface area contributed by atoms with Gasteiger partial charge in [0.2, 0.25) is 11.8 Å². The highest BCUT2D eigenvalue weighted by molar-refractivity contribution is 5.91. The molecular weight excluding hydrogens is 359 g/mol. The van der Waals surface area contributed by atoms with Crippen LogP contribution < -0.4 is 5.32 Å². The van der Waals surface area contributed by atoms with Crippen LogP contribution in [0.15, 0.2) is 42.7 Å². The van der Waals surface area contributed by atoms with Gasteiger partial charge < -0.3 is 10.2 Å². The van der Waals surface area contributed by atoms with Crippen molar-refractivity contribution in [1.82, 2.24) is 15.2 Å². The number of pyridine rings is 1. The Balaban J connectivity index is 1.96. The van der Waals surface area contributed by atoms with Crippen molar-refractivity contribution in [2.75, 3.05) is 13.1 Å². The van der Waals surface area contributed by atoms with E-state index in [9.17, 15) is 22.8 Å². The van der Waals surface area contributed by atoms with Crippen LogP contribution in [0.5, 0.6) is 0 Å². The average molecular weight is 377 g/mol. The standard InChI is InChI=1S/C19H18F3N3O2/c1-12-6-7-23-11-13(12)10-16(26)25-9-8-24-18(27)17(25)14-4-2-3-5-15(14)19(20,21)22/h2-7,11,17H,8-10H2,1H3,(H,24,27). The highest BCUT2D eigenvalue weighted by Crippen LogP contribution is 2.37. The predicted molar refractivity (Wildman–Crippen MR) is 91.6 cm³/mol. The van der Waals surface area contributed by atoms with E-state index < -0.39 is 29.6 Å². The molecule has 27 heavy (non-hydrogen) atoms. The highest BCUT2D eigenvalue weighted by Gasteiger charge is 2.41. The van der Waals surface area contributed by atoms with Gasteiger partial charge in [0, 0.05) is 25.5 Å². The largest absolute Gasteiger partial charge is 0.416 e. The number of aryl methyl sites for hydroxylation is 1. The molecule has 1 N–H and O–H groups in total. The van der Waals surface area contributed by atoms with Crippen molar-refractivity contribution in [3.05, 3.63) is 65.0 Å². The number of hydrogen-bond acceptors (Lipinski definition) is 3. The lowest BCUT2D eigenvalue weighted by Crippen LogP contribution is -2.53. The minimum atomic E-state index is -4.62. The number of nitrogens with zero attached hydrogens (tertiary/aromatic N) is 2. The molecule has 1 aromatic heterocycles. The second-order valence-corrected chi connectivity index (χ2v) is 6.34. The first-order valence-corrected chi connectivity index (χ1v) is 8.42. The maximum Gasteiger partial charge on any atom is 0.416 e. The van der Waals surface area contributed by atoms with E-state index in [1.807, 2.05) is 6.92 Å². The normalized spacial score (nSPS) is 17.6. The zero-order chi connectivity index (χ0) is 19.6. The van der Waals surface area contributed by atoms with Crippen LogP contribution in [0.2, 0.25) is 0 Å². The molecule has 0 bridgehead atoms.